The maximum Gasteiger partial charge on any atom is 0.324 e. The van der Waals surface area contributed by atoms with Crippen molar-refractivity contribution in [1.82, 2.24) is 4.90 Å². The molecular formula is C13H17NO2. The number of likely N-dealkylation sites (tertiary alicyclic amines) is 1. The molecule has 0 aliphatic carbocycles. The van der Waals surface area contributed by atoms with Crippen LogP contribution in [0.4, 0.5) is 0 Å². The maximum absolute atomic E-state index is 11.5. The zero-order chi connectivity index (χ0) is 11.6. The van der Waals surface area contributed by atoms with Crippen LogP contribution in [0.15, 0.2) is 30.3 Å². The molecule has 0 bridgehead atoms. The molecule has 1 saturated heterocycles. The maximum atomic E-state index is 11.5. The molecule has 1 aromatic rings. The standard InChI is InChI=1S/C13H17NO2/c1-14-9-5-8-13(14,12(15)16)10-11-6-3-2-4-7-11/h2-4,6-7H,5,8-10H2,1H3,(H,15,16)/t13-/m1/s1. The summed E-state index contributed by atoms with van der Waals surface area (Å²) < 4.78 is 0. The van der Waals surface area contributed by atoms with E-state index in [2.05, 4.69) is 0 Å². The van der Waals surface area contributed by atoms with Crippen molar-refractivity contribution in [3.63, 3.8) is 0 Å². The van der Waals surface area contributed by atoms with Gasteiger partial charge in [-0.25, -0.2) is 0 Å². The second-order valence-corrected chi connectivity index (χ2v) is 4.52. The van der Waals surface area contributed by atoms with E-state index >= 15 is 0 Å². The van der Waals surface area contributed by atoms with E-state index in [1.54, 1.807) is 0 Å². The summed E-state index contributed by atoms with van der Waals surface area (Å²) >= 11 is 0. The lowest BCUT2D eigenvalue weighted by molar-refractivity contribution is -0.148. The Balaban J connectivity index is 2.25. The van der Waals surface area contributed by atoms with Crippen LogP contribution in [0.2, 0.25) is 0 Å². The zero-order valence-corrected chi connectivity index (χ0v) is 9.52. The molecule has 1 heterocycles. The summed E-state index contributed by atoms with van der Waals surface area (Å²) in [6.45, 7) is 0.874. The van der Waals surface area contributed by atoms with Crippen LogP contribution < -0.4 is 0 Å². The van der Waals surface area contributed by atoms with E-state index in [4.69, 9.17) is 0 Å². The van der Waals surface area contributed by atoms with Gasteiger partial charge in [-0.3, -0.25) is 9.69 Å². The number of hydrogen-bond acceptors (Lipinski definition) is 2. The molecule has 1 N–H and O–H groups in total. The van der Waals surface area contributed by atoms with Crippen molar-refractivity contribution in [2.75, 3.05) is 13.6 Å². The van der Waals surface area contributed by atoms with Gasteiger partial charge in [-0.1, -0.05) is 30.3 Å². The minimum Gasteiger partial charge on any atom is -0.480 e. The average Bonchev–Trinajstić information content (AvgIpc) is 2.63. The number of carbonyl (C=O) groups is 1. The number of benzene rings is 1. The van der Waals surface area contributed by atoms with Crippen molar-refractivity contribution in [2.24, 2.45) is 0 Å². The summed E-state index contributed by atoms with van der Waals surface area (Å²) in [6.07, 6.45) is 2.31. The van der Waals surface area contributed by atoms with E-state index in [0.717, 1.165) is 24.9 Å². The molecule has 0 saturated carbocycles. The highest BCUT2D eigenvalue weighted by molar-refractivity contribution is 5.79. The fourth-order valence-corrected chi connectivity index (χ4v) is 2.52. The largest absolute Gasteiger partial charge is 0.480 e. The highest BCUT2D eigenvalue weighted by atomic mass is 16.4. The van der Waals surface area contributed by atoms with E-state index in [0.29, 0.717) is 6.42 Å². The number of carboxylic acid groups (broad SMARTS) is 1. The molecule has 1 fully saturated rings. The molecule has 3 heteroatoms. The molecule has 1 aromatic carbocycles. The van der Waals surface area contributed by atoms with Gasteiger partial charge in [-0.15, -0.1) is 0 Å². The van der Waals surface area contributed by atoms with E-state index in [9.17, 15) is 9.90 Å². The Bertz CT molecular complexity index is 377. The first-order chi connectivity index (χ1) is 7.65. The van der Waals surface area contributed by atoms with Crippen LogP contribution in [0.5, 0.6) is 0 Å². The molecule has 3 nitrogen and oxygen atoms in total. The van der Waals surface area contributed by atoms with Gasteiger partial charge in [-0.2, -0.15) is 0 Å². The Morgan fingerprint density at radius 2 is 2.12 bits per heavy atom. The van der Waals surface area contributed by atoms with Crippen molar-refractivity contribution in [1.29, 1.82) is 0 Å². The summed E-state index contributed by atoms with van der Waals surface area (Å²) in [5, 5.41) is 9.45. The summed E-state index contributed by atoms with van der Waals surface area (Å²) in [5.41, 5.74) is 0.403. The number of carboxylic acids is 1. The van der Waals surface area contributed by atoms with E-state index in [1.165, 1.54) is 0 Å². The molecule has 0 amide bonds. The van der Waals surface area contributed by atoms with Crippen LogP contribution in [0.3, 0.4) is 0 Å². The smallest absolute Gasteiger partial charge is 0.324 e. The summed E-state index contributed by atoms with van der Waals surface area (Å²) in [6, 6.07) is 9.86. The highest BCUT2D eigenvalue weighted by Crippen LogP contribution is 2.31. The van der Waals surface area contributed by atoms with Gasteiger partial charge in [-0.05, 0) is 32.0 Å². The summed E-state index contributed by atoms with van der Waals surface area (Å²) in [5.74, 6) is -0.698. The fourth-order valence-electron chi connectivity index (χ4n) is 2.52. The minimum absolute atomic E-state index is 0.597. The van der Waals surface area contributed by atoms with Gasteiger partial charge in [0.2, 0.25) is 0 Å². The van der Waals surface area contributed by atoms with Crippen LogP contribution >= 0.6 is 0 Å². The number of rotatable bonds is 3. The first kappa shape index (κ1) is 11.1. The average molecular weight is 219 g/mol. The van der Waals surface area contributed by atoms with Gasteiger partial charge in [0.15, 0.2) is 0 Å². The van der Waals surface area contributed by atoms with E-state index in [1.807, 2.05) is 42.3 Å². The molecule has 0 spiro atoms. The van der Waals surface area contributed by atoms with Gasteiger partial charge in [0.25, 0.3) is 0 Å². The SMILES string of the molecule is CN1CCC[C@@]1(Cc1ccccc1)C(=O)O. The second-order valence-electron chi connectivity index (χ2n) is 4.52. The molecule has 1 aliphatic heterocycles. The van der Waals surface area contributed by atoms with Crippen molar-refractivity contribution >= 4 is 5.97 Å². The third-order valence-electron chi connectivity index (χ3n) is 3.55. The monoisotopic (exact) mass is 219 g/mol. The van der Waals surface area contributed by atoms with Crippen molar-refractivity contribution in [3.05, 3.63) is 35.9 Å². The molecule has 1 atom stereocenters. The van der Waals surface area contributed by atoms with Crippen LogP contribution in [-0.2, 0) is 11.2 Å². The Morgan fingerprint density at radius 1 is 1.44 bits per heavy atom. The molecule has 0 aromatic heterocycles. The Kier molecular flexibility index (Phi) is 2.97. The summed E-state index contributed by atoms with van der Waals surface area (Å²) in [7, 11) is 1.91. The van der Waals surface area contributed by atoms with Gasteiger partial charge in [0, 0.05) is 6.42 Å². The van der Waals surface area contributed by atoms with Crippen LogP contribution in [0.25, 0.3) is 0 Å². The van der Waals surface area contributed by atoms with Crippen molar-refractivity contribution < 1.29 is 9.90 Å². The van der Waals surface area contributed by atoms with E-state index < -0.39 is 11.5 Å². The van der Waals surface area contributed by atoms with Gasteiger partial charge in [0.05, 0.1) is 0 Å². The summed E-state index contributed by atoms with van der Waals surface area (Å²) in [4.78, 5) is 13.5. The van der Waals surface area contributed by atoms with Crippen molar-refractivity contribution in [2.45, 2.75) is 24.8 Å². The number of likely N-dealkylation sites (N-methyl/N-ethyl adjacent to an activating group) is 1. The number of nitrogens with zero attached hydrogens (tertiary/aromatic N) is 1. The Hall–Kier alpha value is -1.35. The van der Waals surface area contributed by atoms with Gasteiger partial charge in [0.1, 0.15) is 5.54 Å². The normalized spacial score (nSPS) is 25.8. The Morgan fingerprint density at radius 3 is 2.62 bits per heavy atom. The third kappa shape index (κ3) is 1.83. The quantitative estimate of drug-likeness (QED) is 0.842. The fraction of sp³-hybridized carbons (Fsp3) is 0.462. The molecule has 2 rings (SSSR count). The lowest BCUT2D eigenvalue weighted by Gasteiger charge is -2.31. The molecule has 0 unspecified atom stereocenters. The lowest BCUT2D eigenvalue weighted by atomic mass is 9.88. The predicted octanol–water partition coefficient (Wildman–Crippen LogP) is 1.78. The van der Waals surface area contributed by atoms with Gasteiger partial charge >= 0.3 is 5.97 Å². The first-order valence-electron chi connectivity index (χ1n) is 5.64. The minimum atomic E-state index is -0.698. The molecule has 86 valence electrons. The van der Waals surface area contributed by atoms with E-state index in [-0.39, 0.29) is 0 Å². The number of aliphatic carboxylic acids is 1. The van der Waals surface area contributed by atoms with Gasteiger partial charge < -0.3 is 5.11 Å². The molecule has 0 radical (unpaired) electrons. The van der Waals surface area contributed by atoms with Crippen LogP contribution in [0.1, 0.15) is 18.4 Å². The lowest BCUT2D eigenvalue weighted by Crippen LogP contribution is -2.50. The third-order valence-corrected chi connectivity index (χ3v) is 3.55. The first-order valence-corrected chi connectivity index (χ1v) is 5.64. The highest BCUT2D eigenvalue weighted by Gasteiger charge is 2.45. The molecule has 16 heavy (non-hydrogen) atoms. The predicted molar refractivity (Wildman–Crippen MR) is 62.4 cm³/mol. The topological polar surface area (TPSA) is 40.5 Å². The number of hydrogen-bond donors (Lipinski definition) is 1. The van der Waals surface area contributed by atoms with Crippen LogP contribution in [0, 0.1) is 0 Å². The zero-order valence-electron chi connectivity index (χ0n) is 9.52. The van der Waals surface area contributed by atoms with Crippen molar-refractivity contribution in [3.8, 4) is 0 Å². The molecular weight excluding hydrogens is 202 g/mol. The second kappa shape index (κ2) is 4.26. The molecule has 1 aliphatic rings. The Labute approximate surface area is 95.7 Å². The van der Waals surface area contributed by atoms with Crippen LogP contribution in [-0.4, -0.2) is 35.1 Å².